The molecule has 0 aliphatic carbocycles. The van der Waals surface area contributed by atoms with Gasteiger partial charge in [0.15, 0.2) is 10.6 Å². The van der Waals surface area contributed by atoms with Crippen LogP contribution in [0.5, 0.6) is 0 Å². The van der Waals surface area contributed by atoms with E-state index in [0.29, 0.717) is 16.2 Å². The molecule has 1 aliphatic rings. The van der Waals surface area contributed by atoms with Crippen LogP contribution < -0.4 is 4.90 Å². The van der Waals surface area contributed by atoms with Gasteiger partial charge in [0.2, 0.25) is 0 Å². The first kappa shape index (κ1) is 16.6. The molecule has 3 rings (SSSR count). The van der Waals surface area contributed by atoms with Crippen LogP contribution in [0.15, 0.2) is 41.3 Å². The number of nitrogens with zero attached hydrogens (tertiary/aromatic N) is 4. The molecule has 2 amide bonds. The van der Waals surface area contributed by atoms with E-state index in [1.165, 1.54) is 11.1 Å². The third kappa shape index (κ3) is 2.68. The molecular weight excluding hydrogens is 368 g/mol. The summed E-state index contributed by atoms with van der Waals surface area (Å²) >= 11 is 3.52. The van der Waals surface area contributed by atoms with Crippen molar-refractivity contribution in [3.8, 4) is 0 Å². The number of urea groups is 1. The lowest BCUT2D eigenvalue weighted by Crippen LogP contribution is -2.42. The van der Waals surface area contributed by atoms with E-state index in [-0.39, 0.29) is 6.03 Å². The zero-order valence-corrected chi connectivity index (χ0v) is 15.6. The molecule has 0 saturated carbocycles. The average Bonchev–Trinajstić information content (AvgIpc) is 2.89. The molecule has 1 aromatic heterocycles. The number of amides is 2. The van der Waals surface area contributed by atoms with Crippen molar-refractivity contribution in [3.63, 3.8) is 0 Å². The van der Waals surface area contributed by atoms with E-state index >= 15 is 0 Å². The highest BCUT2D eigenvalue weighted by atomic mass is 79.9. The molecule has 0 bridgehead atoms. The molecule has 0 atom stereocenters. The lowest BCUT2D eigenvalue weighted by Gasteiger charge is -2.31. The van der Waals surface area contributed by atoms with Crippen LogP contribution in [0.3, 0.4) is 0 Å². The van der Waals surface area contributed by atoms with Crippen LogP contribution in [0.2, 0.25) is 0 Å². The smallest absolute Gasteiger partial charge is 0.315 e. The number of hydrogen-bond donors (Lipinski definition) is 0. The van der Waals surface area contributed by atoms with Crippen LogP contribution in [-0.4, -0.2) is 34.6 Å². The topological polar surface area (TPSA) is 41.4 Å². The fourth-order valence-electron chi connectivity index (χ4n) is 2.85. The summed E-state index contributed by atoms with van der Waals surface area (Å²) in [5.41, 5.74) is 6.89. The van der Waals surface area contributed by atoms with E-state index in [4.69, 9.17) is 0 Å². The molecule has 0 saturated heterocycles. The highest BCUT2D eigenvalue weighted by Crippen LogP contribution is 2.35. The van der Waals surface area contributed by atoms with Crippen molar-refractivity contribution < 1.29 is 4.79 Å². The van der Waals surface area contributed by atoms with E-state index in [9.17, 15) is 4.79 Å². The zero-order chi connectivity index (χ0) is 17.4. The number of carbonyl (C=O) groups excluding carboxylic acids is 1. The summed E-state index contributed by atoms with van der Waals surface area (Å²) in [7, 11) is 3.45. The summed E-state index contributed by atoms with van der Waals surface area (Å²) in [5.74, 6) is 0.625. The standard InChI is InChI=1S/C18H19BrN4O/c1-5-14-15-16(22(4)18(24)21(14)3)20-17(19)23(15)11-10-13-8-6-12(2)7-9-13/h6-9H,1,10-11H2,2-4H3. The normalized spacial score (nSPS) is 14.0. The van der Waals surface area contributed by atoms with Gasteiger partial charge in [-0.1, -0.05) is 36.4 Å². The van der Waals surface area contributed by atoms with Crippen molar-refractivity contribution in [2.75, 3.05) is 19.0 Å². The van der Waals surface area contributed by atoms with Crippen molar-refractivity contribution in [2.24, 2.45) is 0 Å². The predicted octanol–water partition coefficient (Wildman–Crippen LogP) is 3.82. The van der Waals surface area contributed by atoms with Gasteiger partial charge in [-0.3, -0.25) is 9.80 Å². The molecular formula is C18H19BrN4O. The number of fused-ring (bicyclic) bond motifs is 1. The van der Waals surface area contributed by atoms with Crippen molar-refractivity contribution >= 4 is 33.5 Å². The quantitative estimate of drug-likeness (QED) is 0.752. The number of benzene rings is 1. The molecule has 0 N–H and O–H groups in total. The molecule has 0 radical (unpaired) electrons. The van der Waals surface area contributed by atoms with Gasteiger partial charge in [0.05, 0.1) is 0 Å². The maximum Gasteiger partial charge on any atom is 0.330 e. The fourth-order valence-corrected chi connectivity index (χ4v) is 3.38. The molecule has 0 fully saturated rings. The summed E-state index contributed by atoms with van der Waals surface area (Å²) < 4.78 is 2.75. The molecule has 24 heavy (non-hydrogen) atoms. The molecule has 6 heteroatoms. The highest BCUT2D eigenvalue weighted by molar-refractivity contribution is 9.10. The summed E-state index contributed by atoms with van der Waals surface area (Å²) in [6, 6.07) is 8.35. The Morgan fingerprint density at radius 1 is 1.21 bits per heavy atom. The molecule has 2 aromatic rings. The average molecular weight is 387 g/mol. The number of halogens is 1. The Hall–Kier alpha value is -2.30. The SMILES string of the molecule is C=C=C1c2c(nc(Br)n2CCc2ccc(C)cc2)N(C)C(=O)N1C. The number of carbonyl (C=O) groups is 1. The van der Waals surface area contributed by atoms with Crippen LogP contribution in [0.25, 0.3) is 5.70 Å². The minimum Gasteiger partial charge on any atom is -0.315 e. The second kappa shape index (κ2) is 6.30. The number of aromatic nitrogens is 2. The Kier molecular flexibility index (Phi) is 4.35. The lowest BCUT2D eigenvalue weighted by molar-refractivity contribution is 0.230. The number of aryl methyl sites for hydroxylation is 2. The van der Waals surface area contributed by atoms with Gasteiger partial charge < -0.3 is 4.57 Å². The van der Waals surface area contributed by atoms with Crippen molar-refractivity contribution in [3.05, 3.63) is 58.1 Å². The largest absolute Gasteiger partial charge is 0.330 e. The molecule has 2 heterocycles. The first-order valence-electron chi connectivity index (χ1n) is 7.67. The first-order chi connectivity index (χ1) is 11.4. The molecule has 5 nitrogen and oxygen atoms in total. The van der Waals surface area contributed by atoms with Gasteiger partial charge in [-0.05, 0) is 34.8 Å². The molecule has 0 spiro atoms. The molecule has 1 aromatic carbocycles. The maximum absolute atomic E-state index is 12.3. The third-order valence-electron chi connectivity index (χ3n) is 4.27. The minimum atomic E-state index is -0.149. The molecule has 1 aliphatic heterocycles. The maximum atomic E-state index is 12.3. The predicted molar refractivity (Wildman–Crippen MR) is 98.9 cm³/mol. The van der Waals surface area contributed by atoms with E-state index in [0.717, 1.165) is 18.7 Å². The number of anilines is 1. The van der Waals surface area contributed by atoms with Crippen molar-refractivity contribution in [1.29, 1.82) is 0 Å². The van der Waals surface area contributed by atoms with Crippen LogP contribution >= 0.6 is 15.9 Å². The third-order valence-corrected chi connectivity index (χ3v) is 4.87. The van der Waals surface area contributed by atoms with Gasteiger partial charge in [0, 0.05) is 20.6 Å². The van der Waals surface area contributed by atoms with Crippen molar-refractivity contribution in [2.45, 2.75) is 19.9 Å². The summed E-state index contributed by atoms with van der Waals surface area (Å²) in [6.07, 6.45) is 0.869. The van der Waals surface area contributed by atoms with E-state index in [1.807, 2.05) is 0 Å². The molecule has 0 unspecified atom stereocenters. The first-order valence-corrected chi connectivity index (χ1v) is 8.46. The summed E-state index contributed by atoms with van der Waals surface area (Å²) in [6.45, 7) is 6.56. The second-order valence-corrected chi connectivity index (χ2v) is 6.58. The van der Waals surface area contributed by atoms with Gasteiger partial charge in [-0.2, -0.15) is 0 Å². The Morgan fingerprint density at radius 2 is 1.88 bits per heavy atom. The summed E-state index contributed by atoms with van der Waals surface area (Å²) in [4.78, 5) is 19.9. The number of rotatable bonds is 3. The number of hydrogen-bond acceptors (Lipinski definition) is 2. The zero-order valence-electron chi connectivity index (χ0n) is 14.0. The van der Waals surface area contributed by atoms with Gasteiger partial charge >= 0.3 is 6.03 Å². The Morgan fingerprint density at radius 3 is 2.50 bits per heavy atom. The van der Waals surface area contributed by atoms with Gasteiger partial charge in [-0.25, -0.2) is 9.78 Å². The van der Waals surface area contributed by atoms with Crippen LogP contribution in [0.4, 0.5) is 10.6 Å². The Balaban J connectivity index is 1.98. The second-order valence-electron chi connectivity index (χ2n) is 5.87. The summed E-state index contributed by atoms with van der Waals surface area (Å²) in [5, 5.41) is 0. The van der Waals surface area contributed by atoms with Gasteiger partial charge in [-0.15, -0.1) is 5.73 Å². The Bertz CT molecular complexity index is 847. The van der Waals surface area contributed by atoms with Crippen LogP contribution in [-0.2, 0) is 13.0 Å². The lowest BCUT2D eigenvalue weighted by atomic mass is 10.1. The number of imidazole rings is 1. The minimum absolute atomic E-state index is 0.149. The van der Waals surface area contributed by atoms with E-state index < -0.39 is 0 Å². The fraction of sp³-hybridized carbons (Fsp3) is 0.278. The van der Waals surface area contributed by atoms with E-state index in [2.05, 4.69) is 69.0 Å². The van der Waals surface area contributed by atoms with Crippen LogP contribution in [0.1, 0.15) is 16.8 Å². The van der Waals surface area contributed by atoms with Crippen LogP contribution in [0, 0.1) is 6.92 Å². The van der Waals surface area contributed by atoms with Gasteiger partial charge in [0.25, 0.3) is 0 Å². The Labute approximate surface area is 150 Å². The molecule has 124 valence electrons. The van der Waals surface area contributed by atoms with E-state index in [1.54, 1.807) is 23.9 Å². The highest BCUT2D eigenvalue weighted by Gasteiger charge is 2.34. The van der Waals surface area contributed by atoms with Gasteiger partial charge in [0.1, 0.15) is 11.4 Å². The van der Waals surface area contributed by atoms with Crippen molar-refractivity contribution in [1.82, 2.24) is 14.5 Å². The monoisotopic (exact) mass is 386 g/mol.